The molecule has 2 aromatic rings. The van der Waals surface area contributed by atoms with E-state index in [0.29, 0.717) is 6.54 Å². The molecule has 3 heteroatoms. The minimum absolute atomic E-state index is 0.266. The number of carbonyl (C=O) groups is 1. The number of nitrogens with one attached hydrogen (secondary N) is 1. The van der Waals surface area contributed by atoms with Gasteiger partial charge in [0.2, 0.25) is 5.91 Å². The first kappa shape index (κ1) is 12.8. The van der Waals surface area contributed by atoms with Crippen molar-refractivity contribution in [3.63, 3.8) is 0 Å². The van der Waals surface area contributed by atoms with Crippen LogP contribution in [-0.4, -0.2) is 5.91 Å². The highest BCUT2D eigenvalue weighted by atomic mass is 16.1. The van der Waals surface area contributed by atoms with Crippen molar-refractivity contribution in [2.24, 2.45) is 0 Å². The van der Waals surface area contributed by atoms with Crippen molar-refractivity contribution in [3.05, 3.63) is 71.8 Å². The van der Waals surface area contributed by atoms with E-state index in [1.807, 2.05) is 54.6 Å². The van der Waals surface area contributed by atoms with Gasteiger partial charge in [-0.1, -0.05) is 60.7 Å². The average molecular weight is 250 g/mol. The van der Waals surface area contributed by atoms with E-state index in [2.05, 4.69) is 5.32 Å². The summed E-state index contributed by atoms with van der Waals surface area (Å²) in [7, 11) is 0. The lowest BCUT2D eigenvalue weighted by Gasteiger charge is -2.10. The van der Waals surface area contributed by atoms with Crippen molar-refractivity contribution < 1.29 is 4.79 Å². The lowest BCUT2D eigenvalue weighted by molar-refractivity contribution is -0.121. The molecule has 2 aromatic carbocycles. The van der Waals surface area contributed by atoms with Gasteiger partial charge < -0.3 is 5.32 Å². The van der Waals surface area contributed by atoms with E-state index in [1.165, 1.54) is 0 Å². The molecule has 0 unspecified atom stereocenters. The second-order valence-corrected chi connectivity index (χ2v) is 4.18. The number of rotatable bonds is 4. The van der Waals surface area contributed by atoms with Gasteiger partial charge in [-0.2, -0.15) is 5.26 Å². The van der Waals surface area contributed by atoms with Crippen molar-refractivity contribution in [1.29, 1.82) is 5.26 Å². The van der Waals surface area contributed by atoms with Crippen LogP contribution in [0.2, 0.25) is 0 Å². The molecule has 0 fully saturated rings. The Bertz CT molecular complexity index is 573. The van der Waals surface area contributed by atoms with E-state index in [9.17, 15) is 4.79 Å². The Labute approximate surface area is 112 Å². The fraction of sp³-hybridized carbons (Fsp3) is 0.125. The predicted octanol–water partition coefficient (Wildman–Crippen LogP) is 2.61. The van der Waals surface area contributed by atoms with Gasteiger partial charge in [-0.05, 0) is 11.1 Å². The highest BCUT2D eigenvalue weighted by Gasteiger charge is 2.19. The summed E-state index contributed by atoms with van der Waals surface area (Å²) in [5.41, 5.74) is 1.73. The number of benzene rings is 2. The summed E-state index contributed by atoms with van der Waals surface area (Å²) in [6.45, 7) is 0.435. The molecule has 1 amide bonds. The second-order valence-electron chi connectivity index (χ2n) is 4.18. The van der Waals surface area contributed by atoms with Gasteiger partial charge >= 0.3 is 0 Å². The van der Waals surface area contributed by atoms with E-state index in [-0.39, 0.29) is 5.91 Å². The zero-order chi connectivity index (χ0) is 13.5. The van der Waals surface area contributed by atoms with Gasteiger partial charge in [0.05, 0.1) is 6.07 Å². The number of hydrogen-bond donors (Lipinski definition) is 1. The maximum Gasteiger partial charge on any atom is 0.242 e. The number of nitrogens with zero attached hydrogens (tertiary/aromatic N) is 1. The molecule has 0 saturated heterocycles. The molecule has 0 heterocycles. The SMILES string of the molecule is N#C[C@H](C(=O)NCc1ccccc1)c1ccccc1. The highest BCUT2D eigenvalue weighted by molar-refractivity contribution is 5.86. The molecule has 0 radical (unpaired) electrons. The molecule has 0 aliphatic heterocycles. The topological polar surface area (TPSA) is 52.9 Å². The predicted molar refractivity (Wildman–Crippen MR) is 73.1 cm³/mol. The van der Waals surface area contributed by atoms with Crippen molar-refractivity contribution in [2.45, 2.75) is 12.5 Å². The van der Waals surface area contributed by atoms with Gasteiger partial charge in [-0.15, -0.1) is 0 Å². The normalized spacial score (nSPS) is 11.3. The van der Waals surface area contributed by atoms with E-state index in [4.69, 9.17) is 5.26 Å². The largest absolute Gasteiger partial charge is 0.351 e. The first-order valence-electron chi connectivity index (χ1n) is 6.07. The molecule has 3 nitrogen and oxygen atoms in total. The molecule has 0 saturated carbocycles. The summed E-state index contributed by atoms with van der Waals surface area (Å²) in [4.78, 5) is 12.0. The van der Waals surface area contributed by atoms with E-state index in [1.54, 1.807) is 12.1 Å². The molecule has 0 aliphatic carbocycles. The summed E-state index contributed by atoms with van der Waals surface area (Å²) >= 11 is 0. The molecule has 1 atom stereocenters. The van der Waals surface area contributed by atoms with Gasteiger partial charge in [0.25, 0.3) is 0 Å². The van der Waals surface area contributed by atoms with Crippen LogP contribution in [-0.2, 0) is 11.3 Å². The van der Waals surface area contributed by atoms with Crippen LogP contribution in [0.5, 0.6) is 0 Å². The zero-order valence-corrected chi connectivity index (χ0v) is 10.4. The fourth-order valence-corrected chi connectivity index (χ4v) is 1.82. The Kier molecular flexibility index (Phi) is 4.30. The van der Waals surface area contributed by atoms with Gasteiger partial charge in [0.15, 0.2) is 0 Å². The third kappa shape index (κ3) is 3.43. The Hall–Kier alpha value is -2.60. The van der Waals surface area contributed by atoms with Crippen molar-refractivity contribution in [3.8, 4) is 6.07 Å². The number of nitriles is 1. The lowest BCUT2D eigenvalue weighted by atomic mass is 10.00. The average Bonchev–Trinajstić information content (AvgIpc) is 2.48. The van der Waals surface area contributed by atoms with Crippen LogP contribution in [0.1, 0.15) is 17.0 Å². The number of hydrogen-bond acceptors (Lipinski definition) is 2. The minimum Gasteiger partial charge on any atom is -0.351 e. The summed E-state index contributed by atoms with van der Waals surface area (Å²) in [6.07, 6.45) is 0. The van der Waals surface area contributed by atoms with Crippen LogP contribution in [0, 0.1) is 11.3 Å². The third-order valence-electron chi connectivity index (χ3n) is 2.83. The number of carbonyl (C=O) groups excluding carboxylic acids is 1. The van der Waals surface area contributed by atoms with Crippen molar-refractivity contribution >= 4 is 5.91 Å². The summed E-state index contributed by atoms with van der Waals surface area (Å²) in [6, 6.07) is 20.8. The van der Waals surface area contributed by atoms with Gasteiger partial charge in [0.1, 0.15) is 5.92 Å². The molecule has 0 aliphatic rings. The van der Waals surface area contributed by atoms with Gasteiger partial charge in [0, 0.05) is 6.54 Å². The highest BCUT2D eigenvalue weighted by Crippen LogP contribution is 2.14. The Morgan fingerprint density at radius 1 is 1.05 bits per heavy atom. The lowest BCUT2D eigenvalue weighted by Crippen LogP contribution is -2.28. The Morgan fingerprint density at radius 2 is 1.63 bits per heavy atom. The van der Waals surface area contributed by atoms with Gasteiger partial charge in [-0.25, -0.2) is 0 Å². The molecule has 1 N–H and O–H groups in total. The second kappa shape index (κ2) is 6.36. The van der Waals surface area contributed by atoms with E-state index < -0.39 is 5.92 Å². The first-order valence-corrected chi connectivity index (χ1v) is 6.07. The van der Waals surface area contributed by atoms with Crippen LogP contribution in [0.15, 0.2) is 60.7 Å². The van der Waals surface area contributed by atoms with Crippen molar-refractivity contribution in [2.75, 3.05) is 0 Å². The molecular formula is C16H14N2O. The third-order valence-corrected chi connectivity index (χ3v) is 2.83. The molecule has 0 aromatic heterocycles. The standard InChI is InChI=1S/C16H14N2O/c17-11-15(14-9-5-2-6-10-14)16(19)18-12-13-7-3-1-4-8-13/h1-10,15H,12H2,(H,18,19)/t15-/m0/s1. The maximum absolute atomic E-state index is 12.0. The first-order chi connectivity index (χ1) is 9.31. The van der Waals surface area contributed by atoms with Crippen LogP contribution in [0.4, 0.5) is 0 Å². The Morgan fingerprint density at radius 3 is 2.21 bits per heavy atom. The zero-order valence-electron chi connectivity index (χ0n) is 10.4. The van der Waals surface area contributed by atoms with E-state index >= 15 is 0 Å². The summed E-state index contributed by atoms with van der Waals surface area (Å²) in [5.74, 6) is -1.03. The molecule has 0 spiro atoms. The van der Waals surface area contributed by atoms with Crippen LogP contribution in [0.3, 0.4) is 0 Å². The quantitative estimate of drug-likeness (QED) is 0.906. The van der Waals surface area contributed by atoms with Crippen LogP contribution < -0.4 is 5.32 Å². The number of amides is 1. The minimum atomic E-state index is -0.759. The summed E-state index contributed by atoms with van der Waals surface area (Å²) < 4.78 is 0. The molecule has 94 valence electrons. The van der Waals surface area contributed by atoms with Crippen LogP contribution >= 0.6 is 0 Å². The maximum atomic E-state index is 12.0. The smallest absolute Gasteiger partial charge is 0.242 e. The van der Waals surface area contributed by atoms with E-state index in [0.717, 1.165) is 11.1 Å². The monoisotopic (exact) mass is 250 g/mol. The van der Waals surface area contributed by atoms with Crippen molar-refractivity contribution in [1.82, 2.24) is 5.32 Å². The molecule has 2 rings (SSSR count). The molecule has 19 heavy (non-hydrogen) atoms. The van der Waals surface area contributed by atoms with Gasteiger partial charge in [-0.3, -0.25) is 4.79 Å². The fourth-order valence-electron chi connectivity index (χ4n) is 1.82. The Balaban J connectivity index is 2.01. The van der Waals surface area contributed by atoms with Crippen LogP contribution in [0.25, 0.3) is 0 Å². The molecule has 0 bridgehead atoms. The molecular weight excluding hydrogens is 236 g/mol. The summed E-state index contributed by atoms with van der Waals surface area (Å²) in [5, 5.41) is 11.9.